The van der Waals surface area contributed by atoms with Gasteiger partial charge in [-0.15, -0.1) is 0 Å². The monoisotopic (exact) mass is 347 g/mol. The van der Waals surface area contributed by atoms with E-state index >= 15 is 0 Å². The number of halogens is 1. The van der Waals surface area contributed by atoms with E-state index in [1.807, 2.05) is 31.2 Å². The average Bonchev–Trinajstić information content (AvgIpc) is 2.56. The van der Waals surface area contributed by atoms with Gasteiger partial charge >= 0.3 is 0 Å². The van der Waals surface area contributed by atoms with Crippen LogP contribution in [0, 0.1) is 6.92 Å². The lowest BCUT2D eigenvalue weighted by molar-refractivity contribution is -0.118. The average molecular weight is 348 g/mol. The van der Waals surface area contributed by atoms with E-state index in [1.54, 1.807) is 12.1 Å². The summed E-state index contributed by atoms with van der Waals surface area (Å²) in [5.41, 5.74) is 2.66. The molecule has 0 heterocycles. The van der Waals surface area contributed by atoms with Crippen LogP contribution in [-0.2, 0) is 4.79 Å². The van der Waals surface area contributed by atoms with E-state index < -0.39 is 0 Å². The predicted octanol–water partition coefficient (Wildman–Crippen LogP) is 4.80. The Morgan fingerprint density at radius 2 is 1.88 bits per heavy atom. The van der Waals surface area contributed by atoms with Crippen molar-refractivity contribution in [3.05, 3.63) is 52.5 Å². The zero-order valence-electron chi connectivity index (χ0n) is 14.4. The lowest BCUT2D eigenvalue weighted by Gasteiger charge is -2.13. The molecule has 0 atom stereocenters. The van der Waals surface area contributed by atoms with Crippen molar-refractivity contribution in [3.63, 3.8) is 0 Å². The fourth-order valence-electron chi connectivity index (χ4n) is 2.21. The van der Waals surface area contributed by atoms with Gasteiger partial charge in [0, 0.05) is 11.1 Å². The lowest BCUT2D eigenvalue weighted by Crippen LogP contribution is -2.20. The van der Waals surface area contributed by atoms with Gasteiger partial charge in [0.1, 0.15) is 11.5 Å². The number of amides is 1. The summed E-state index contributed by atoms with van der Waals surface area (Å²) in [5.74, 6) is 1.37. The quantitative estimate of drug-likeness (QED) is 0.816. The largest absolute Gasteiger partial charge is 0.495 e. The zero-order chi connectivity index (χ0) is 17.7. The Kier molecular flexibility index (Phi) is 6.10. The number of carbonyl (C=O) groups excluding carboxylic acids is 1. The number of carbonyl (C=O) groups is 1. The van der Waals surface area contributed by atoms with E-state index in [9.17, 15) is 4.79 Å². The van der Waals surface area contributed by atoms with E-state index in [-0.39, 0.29) is 12.5 Å². The van der Waals surface area contributed by atoms with Gasteiger partial charge < -0.3 is 14.8 Å². The first kappa shape index (κ1) is 18.1. The molecule has 0 aliphatic carbocycles. The van der Waals surface area contributed by atoms with Gasteiger partial charge in [0.25, 0.3) is 5.91 Å². The molecule has 1 N–H and O–H groups in total. The Morgan fingerprint density at radius 3 is 2.46 bits per heavy atom. The van der Waals surface area contributed by atoms with E-state index in [0.29, 0.717) is 28.1 Å². The molecular formula is C19H22ClNO3. The number of rotatable bonds is 6. The van der Waals surface area contributed by atoms with Crippen LogP contribution in [0.3, 0.4) is 0 Å². The van der Waals surface area contributed by atoms with Crippen molar-refractivity contribution in [2.75, 3.05) is 19.0 Å². The molecular weight excluding hydrogens is 326 g/mol. The van der Waals surface area contributed by atoms with Gasteiger partial charge in [-0.05, 0) is 42.2 Å². The lowest BCUT2D eigenvalue weighted by atomic mass is 10.0. The maximum Gasteiger partial charge on any atom is 0.262 e. The first-order chi connectivity index (χ1) is 11.4. The summed E-state index contributed by atoms with van der Waals surface area (Å²) in [4.78, 5) is 12.1. The molecule has 0 aromatic heterocycles. The predicted molar refractivity (Wildman–Crippen MR) is 97.4 cm³/mol. The fraction of sp³-hybridized carbons (Fsp3) is 0.316. The smallest absolute Gasteiger partial charge is 0.262 e. The molecule has 0 aliphatic rings. The molecule has 128 valence electrons. The molecule has 4 nitrogen and oxygen atoms in total. The van der Waals surface area contributed by atoms with E-state index in [4.69, 9.17) is 21.1 Å². The molecule has 0 bridgehead atoms. The number of hydrogen-bond acceptors (Lipinski definition) is 3. The summed E-state index contributed by atoms with van der Waals surface area (Å²) < 4.78 is 10.8. The highest BCUT2D eigenvalue weighted by Gasteiger charge is 2.11. The summed E-state index contributed by atoms with van der Waals surface area (Å²) in [6, 6.07) is 11.2. The molecule has 2 rings (SSSR count). The third-order valence-corrected chi connectivity index (χ3v) is 4.08. The van der Waals surface area contributed by atoms with Crippen LogP contribution in [0.25, 0.3) is 0 Å². The van der Waals surface area contributed by atoms with Crippen molar-refractivity contribution in [1.82, 2.24) is 0 Å². The molecule has 2 aromatic carbocycles. The highest BCUT2D eigenvalue weighted by molar-refractivity contribution is 6.31. The first-order valence-electron chi connectivity index (χ1n) is 7.77. The Labute approximate surface area is 147 Å². The van der Waals surface area contributed by atoms with Gasteiger partial charge in [-0.3, -0.25) is 4.79 Å². The summed E-state index contributed by atoms with van der Waals surface area (Å²) in [6.45, 7) is 6.05. The van der Waals surface area contributed by atoms with Crippen molar-refractivity contribution in [1.29, 1.82) is 0 Å². The minimum atomic E-state index is -0.261. The number of aryl methyl sites for hydroxylation is 1. The topological polar surface area (TPSA) is 47.6 Å². The van der Waals surface area contributed by atoms with Gasteiger partial charge in [-0.1, -0.05) is 37.6 Å². The number of hydrogen-bond donors (Lipinski definition) is 1. The molecule has 0 fully saturated rings. The van der Waals surface area contributed by atoms with Gasteiger partial charge in [-0.25, -0.2) is 0 Å². The van der Waals surface area contributed by atoms with Crippen LogP contribution < -0.4 is 14.8 Å². The number of anilines is 1. The second-order valence-corrected chi connectivity index (χ2v) is 6.27. The number of nitrogens with one attached hydrogen (secondary N) is 1. The molecule has 0 spiro atoms. The van der Waals surface area contributed by atoms with Crippen LogP contribution in [-0.4, -0.2) is 19.6 Å². The molecule has 2 aromatic rings. The Hall–Kier alpha value is -2.20. The third kappa shape index (κ3) is 4.65. The Balaban J connectivity index is 1.97. The highest BCUT2D eigenvalue weighted by atomic mass is 35.5. The number of methoxy groups -OCH3 is 1. The second-order valence-electron chi connectivity index (χ2n) is 5.86. The molecule has 1 amide bonds. The normalized spacial score (nSPS) is 10.6. The van der Waals surface area contributed by atoms with E-state index in [2.05, 4.69) is 19.2 Å². The Morgan fingerprint density at radius 1 is 1.21 bits per heavy atom. The van der Waals surface area contributed by atoms with Crippen LogP contribution in [0.1, 0.15) is 30.9 Å². The second kappa shape index (κ2) is 8.06. The molecule has 0 radical (unpaired) electrons. The van der Waals surface area contributed by atoms with Crippen molar-refractivity contribution in [2.24, 2.45) is 0 Å². The van der Waals surface area contributed by atoms with Crippen LogP contribution in [0.15, 0.2) is 36.4 Å². The van der Waals surface area contributed by atoms with Crippen LogP contribution in [0.2, 0.25) is 5.02 Å². The molecule has 0 saturated carbocycles. The van der Waals surface area contributed by atoms with Gasteiger partial charge in [0.15, 0.2) is 6.61 Å². The van der Waals surface area contributed by atoms with Crippen molar-refractivity contribution >= 4 is 23.2 Å². The summed E-state index contributed by atoms with van der Waals surface area (Å²) in [5, 5.41) is 3.37. The van der Waals surface area contributed by atoms with Crippen LogP contribution >= 0.6 is 11.6 Å². The Bertz CT molecular complexity index is 711. The van der Waals surface area contributed by atoms with Gasteiger partial charge in [0.05, 0.1) is 12.8 Å². The summed E-state index contributed by atoms with van der Waals surface area (Å²) in [7, 11) is 1.53. The molecule has 24 heavy (non-hydrogen) atoms. The van der Waals surface area contributed by atoms with Gasteiger partial charge in [-0.2, -0.15) is 0 Å². The first-order valence-corrected chi connectivity index (χ1v) is 8.15. The van der Waals surface area contributed by atoms with Gasteiger partial charge in [0.2, 0.25) is 0 Å². The SMILES string of the molecule is COc1cc(Cl)c(C)cc1NC(=O)COc1ccc(C(C)C)cc1. The number of ether oxygens (including phenoxy) is 2. The minimum Gasteiger partial charge on any atom is -0.495 e. The highest BCUT2D eigenvalue weighted by Crippen LogP contribution is 2.30. The van der Waals surface area contributed by atoms with Crippen LogP contribution in [0.5, 0.6) is 11.5 Å². The summed E-state index contributed by atoms with van der Waals surface area (Å²) in [6.07, 6.45) is 0. The zero-order valence-corrected chi connectivity index (χ0v) is 15.1. The van der Waals surface area contributed by atoms with Crippen molar-refractivity contribution in [2.45, 2.75) is 26.7 Å². The maximum atomic E-state index is 12.1. The number of benzene rings is 2. The summed E-state index contributed by atoms with van der Waals surface area (Å²) >= 11 is 6.06. The van der Waals surface area contributed by atoms with Crippen molar-refractivity contribution in [3.8, 4) is 11.5 Å². The third-order valence-electron chi connectivity index (χ3n) is 3.67. The maximum absolute atomic E-state index is 12.1. The fourth-order valence-corrected chi connectivity index (χ4v) is 2.37. The van der Waals surface area contributed by atoms with Crippen LogP contribution in [0.4, 0.5) is 5.69 Å². The molecule has 0 unspecified atom stereocenters. The van der Waals surface area contributed by atoms with E-state index in [1.165, 1.54) is 12.7 Å². The van der Waals surface area contributed by atoms with Crippen molar-refractivity contribution < 1.29 is 14.3 Å². The standard InChI is InChI=1S/C19H22ClNO3/c1-12(2)14-5-7-15(8-6-14)24-11-19(22)21-17-9-13(3)16(20)10-18(17)23-4/h5-10,12H,11H2,1-4H3,(H,21,22). The van der Waals surface area contributed by atoms with E-state index in [0.717, 1.165) is 5.56 Å². The minimum absolute atomic E-state index is 0.0775. The molecule has 0 saturated heterocycles. The molecule has 0 aliphatic heterocycles. The molecule has 5 heteroatoms.